The topological polar surface area (TPSA) is 163 Å². The molecule has 0 rings (SSSR count). The summed E-state index contributed by atoms with van der Waals surface area (Å²) in [5.74, 6) is -1.34. The summed E-state index contributed by atoms with van der Waals surface area (Å²) in [6.45, 7) is 16.9. The molecule has 0 heterocycles. The summed E-state index contributed by atoms with van der Waals surface area (Å²) in [5.41, 5.74) is 0. The van der Waals surface area contributed by atoms with E-state index in [0.29, 0.717) is 6.42 Å². The molecule has 0 aliphatic carbocycles. The fraction of sp³-hybridized carbons (Fsp3) is 0.774. The molecule has 43 heavy (non-hydrogen) atoms. The molecular weight excluding hydrogens is 576 g/mol. The highest BCUT2D eigenvalue weighted by Crippen LogP contribution is 2.38. The number of carbonyl (C=O) groups is 5. The maximum atomic E-state index is 11.3. The molecule has 11 nitrogen and oxygen atoms in total. The third-order valence-corrected chi connectivity index (χ3v) is 10.2. The summed E-state index contributed by atoms with van der Waals surface area (Å²) < 4.78 is 19.4. The molecule has 2 N–H and O–H groups in total. The second-order valence-electron chi connectivity index (χ2n) is 10.5. The Bertz CT molecular complexity index is 774. The van der Waals surface area contributed by atoms with E-state index in [2.05, 4.69) is 54.7 Å². The van der Waals surface area contributed by atoms with Crippen LogP contribution in [0, 0.1) is 0 Å². The van der Waals surface area contributed by atoms with Crippen molar-refractivity contribution in [2.45, 2.75) is 139 Å². The third-order valence-electron chi connectivity index (χ3n) is 5.63. The van der Waals surface area contributed by atoms with Gasteiger partial charge in [-0.15, -0.1) is 6.58 Å². The lowest BCUT2D eigenvalue weighted by Gasteiger charge is -2.39. The molecule has 0 radical (unpaired) electrons. The summed E-state index contributed by atoms with van der Waals surface area (Å²) in [5, 5.41) is 18.0. The van der Waals surface area contributed by atoms with Gasteiger partial charge in [-0.25, -0.2) is 0 Å². The van der Waals surface area contributed by atoms with Crippen LogP contribution in [0.15, 0.2) is 12.7 Å². The van der Waals surface area contributed by atoms with Crippen molar-refractivity contribution in [2.24, 2.45) is 0 Å². The Labute approximate surface area is 263 Å². The number of aliphatic hydroxyl groups is 2. The number of methoxy groups -OCH3 is 3. The number of rotatable bonds is 14. The molecule has 0 aliphatic rings. The first kappa shape index (κ1) is 56.4. The van der Waals surface area contributed by atoms with Gasteiger partial charge >= 0.3 is 17.9 Å². The summed E-state index contributed by atoms with van der Waals surface area (Å²) in [6.07, 6.45) is 0.418. The maximum Gasteiger partial charge on any atom is 0.308 e. The predicted octanol–water partition coefficient (Wildman–Crippen LogP) is 5.84. The van der Waals surface area contributed by atoms with Gasteiger partial charge in [0.2, 0.25) is 0 Å². The molecule has 0 saturated carbocycles. The summed E-state index contributed by atoms with van der Waals surface area (Å²) in [7, 11) is 1.91. The molecule has 0 aromatic heterocycles. The van der Waals surface area contributed by atoms with Gasteiger partial charge in [0.15, 0.2) is 8.32 Å². The molecule has 0 bridgehead atoms. The Morgan fingerprint density at radius 1 is 0.698 bits per heavy atom. The number of ketones is 2. The Hall–Kier alpha value is -2.41. The lowest BCUT2D eigenvalue weighted by Crippen LogP contribution is -2.44. The van der Waals surface area contributed by atoms with E-state index in [0.717, 1.165) is 0 Å². The Morgan fingerprint density at radius 2 is 1.05 bits per heavy atom. The average molecular weight is 643 g/mol. The van der Waals surface area contributed by atoms with Crippen LogP contribution in [0.2, 0.25) is 18.1 Å². The fourth-order valence-electron chi connectivity index (χ4n) is 2.57. The van der Waals surface area contributed by atoms with Gasteiger partial charge < -0.3 is 28.8 Å². The van der Waals surface area contributed by atoms with Gasteiger partial charge in [-0.2, -0.15) is 0 Å². The van der Waals surface area contributed by atoms with Crippen molar-refractivity contribution in [3.05, 3.63) is 12.7 Å². The van der Waals surface area contributed by atoms with E-state index >= 15 is 0 Å². The van der Waals surface area contributed by atoms with Crippen molar-refractivity contribution in [2.75, 3.05) is 21.3 Å². The van der Waals surface area contributed by atoms with Gasteiger partial charge in [0.25, 0.3) is 0 Å². The van der Waals surface area contributed by atoms with E-state index in [1.807, 2.05) is 0 Å². The SMILES string of the molecule is C.C.C.C.C=CC[C@@H](O)CC(=O)OC.COC(=O)C[C@@H](CC(C)=O)O[Si](C)(C)C(C)(C)C.COC(=O)C[C@H](O)CC(C)=O. The maximum absolute atomic E-state index is 11.3. The van der Waals surface area contributed by atoms with Crippen LogP contribution in [0.25, 0.3) is 0 Å². The van der Waals surface area contributed by atoms with Crippen LogP contribution in [0.5, 0.6) is 0 Å². The largest absolute Gasteiger partial charge is 0.469 e. The van der Waals surface area contributed by atoms with Gasteiger partial charge in [0.05, 0.1) is 58.9 Å². The van der Waals surface area contributed by atoms with E-state index < -0.39 is 32.5 Å². The molecule has 0 unspecified atom stereocenters. The Kier molecular flexibility index (Phi) is 38.9. The van der Waals surface area contributed by atoms with E-state index in [9.17, 15) is 24.0 Å². The van der Waals surface area contributed by atoms with Crippen LogP contribution in [0.3, 0.4) is 0 Å². The number of carbonyl (C=O) groups excluding carboxylic acids is 5. The van der Waals surface area contributed by atoms with Crippen LogP contribution in [-0.4, -0.2) is 87.6 Å². The van der Waals surface area contributed by atoms with Gasteiger partial charge in [0.1, 0.15) is 11.6 Å². The molecule has 260 valence electrons. The zero-order valence-electron chi connectivity index (χ0n) is 25.3. The zero-order valence-corrected chi connectivity index (χ0v) is 26.3. The number of Topliss-reactive ketones (excluding diaryl/α,β-unsaturated/α-hetero) is 2. The van der Waals surface area contributed by atoms with E-state index in [1.54, 1.807) is 6.08 Å². The van der Waals surface area contributed by atoms with Crippen molar-refractivity contribution in [1.29, 1.82) is 0 Å². The molecule has 0 amide bonds. The number of aliphatic hydroxyl groups excluding tert-OH is 2. The molecular formula is C31H66O11Si. The summed E-state index contributed by atoms with van der Waals surface area (Å²) >= 11 is 0. The van der Waals surface area contributed by atoms with Gasteiger partial charge in [-0.05, 0) is 38.4 Å². The number of esters is 3. The summed E-state index contributed by atoms with van der Waals surface area (Å²) in [6, 6.07) is 0. The molecule has 0 saturated heterocycles. The van der Waals surface area contributed by atoms with Crippen LogP contribution in [-0.2, 0) is 42.6 Å². The van der Waals surface area contributed by atoms with Crippen LogP contribution in [0.4, 0.5) is 0 Å². The van der Waals surface area contributed by atoms with Crippen LogP contribution < -0.4 is 0 Å². The normalized spacial score (nSPS) is 11.9. The minimum Gasteiger partial charge on any atom is -0.469 e. The monoisotopic (exact) mass is 642 g/mol. The first-order chi connectivity index (χ1) is 17.8. The Balaban J connectivity index is -0.0000000911. The van der Waals surface area contributed by atoms with Crippen LogP contribution >= 0.6 is 0 Å². The highest BCUT2D eigenvalue weighted by molar-refractivity contribution is 6.74. The lowest BCUT2D eigenvalue weighted by molar-refractivity contribution is -0.144. The first-order valence-corrected chi connectivity index (χ1v) is 15.5. The van der Waals surface area contributed by atoms with Crippen molar-refractivity contribution >= 4 is 37.8 Å². The van der Waals surface area contributed by atoms with Crippen LogP contribution in [0.1, 0.15) is 103 Å². The van der Waals surface area contributed by atoms with Gasteiger partial charge in [-0.1, -0.05) is 56.6 Å². The molecule has 0 aromatic carbocycles. The minimum atomic E-state index is -1.97. The van der Waals surface area contributed by atoms with Crippen molar-refractivity contribution < 1.29 is 52.8 Å². The molecule has 3 atom stereocenters. The molecule has 0 aromatic rings. The zero-order chi connectivity index (χ0) is 31.4. The standard InChI is InChI=1S/C13H26O4Si.C7H12O4.C7H12O3.4CH4/c1-10(14)8-11(9-12(15)16-5)17-18(6,7)13(2,3)4;1-5(8)3-6(9)4-7(10)11-2;1-3-4-6(8)5-7(9)10-2;;;;/h11H,8-9H2,1-7H3;6,9H,3-4H2,1-2H3;3,6,8H,1,4-5H2,2H3;4*1H4/t11-;2*6-;;;;/m111..../s1. The summed E-state index contributed by atoms with van der Waals surface area (Å²) in [4.78, 5) is 54.0. The van der Waals surface area contributed by atoms with E-state index in [4.69, 9.17) is 14.6 Å². The predicted molar refractivity (Wildman–Crippen MR) is 176 cm³/mol. The quantitative estimate of drug-likeness (QED) is 0.101. The van der Waals surface area contributed by atoms with E-state index in [-0.39, 0.29) is 90.5 Å². The molecule has 12 heteroatoms. The third kappa shape index (κ3) is 34.0. The highest BCUT2D eigenvalue weighted by Gasteiger charge is 2.39. The fourth-order valence-corrected chi connectivity index (χ4v) is 3.92. The first-order valence-electron chi connectivity index (χ1n) is 12.6. The average Bonchev–Trinajstić information content (AvgIpc) is 2.77. The Morgan fingerprint density at radius 3 is 1.35 bits per heavy atom. The minimum absolute atomic E-state index is 0. The van der Waals surface area contributed by atoms with Crippen molar-refractivity contribution in [3.63, 3.8) is 0 Å². The van der Waals surface area contributed by atoms with Crippen molar-refractivity contribution in [1.82, 2.24) is 0 Å². The van der Waals surface area contributed by atoms with E-state index in [1.165, 1.54) is 35.2 Å². The lowest BCUT2D eigenvalue weighted by atomic mass is 10.1. The molecule has 0 spiro atoms. The highest BCUT2D eigenvalue weighted by atomic mass is 28.4. The van der Waals surface area contributed by atoms with Gasteiger partial charge in [0, 0.05) is 12.8 Å². The number of ether oxygens (including phenoxy) is 3. The number of hydrogen-bond acceptors (Lipinski definition) is 11. The molecule has 0 aliphatic heterocycles. The second kappa shape index (κ2) is 29.6. The molecule has 0 fully saturated rings. The number of hydrogen-bond donors (Lipinski definition) is 2. The van der Waals surface area contributed by atoms with Crippen molar-refractivity contribution in [3.8, 4) is 0 Å². The smallest absolute Gasteiger partial charge is 0.308 e. The second-order valence-corrected chi connectivity index (χ2v) is 15.2. The van der Waals surface area contributed by atoms with Gasteiger partial charge in [-0.3, -0.25) is 24.0 Å².